The average Bonchev–Trinajstić information content (AvgIpc) is 2.93. The zero-order valence-corrected chi connectivity index (χ0v) is 15.0. The Balaban J connectivity index is 2.08. The summed E-state index contributed by atoms with van der Waals surface area (Å²) >= 11 is 0. The number of aryl methyl sites for hydroxylation is 2. The van der Waals surface area contributed by atoms with Crippen molar-refractivity contribution in [1.82, 2.24) is 5.32 Å². The van der Waals surface area contributed by atoms with E-state index in [-0.39, 0.29) is 12.5 Å². The van der Waals surface area contributed by atoms with Crippen molar-refractivity contribution < 1.29 is 19.1 Å². The minimum absolute atomic E-state index is 0.000360. The van der Waals surface area contributed by atoms with E-state index in [4.69, 9.17) is 9.52 Å². The second-order valence-electron chi connectivity index (χ2n) is 6.80. The maximum atomic E-state index is 12.3. The lowest BCUT2D eigenvalue weighted by Gasteiger charge is -2.26. The van der Waals surface area contributed by atoms with Crippen LogP contribution in [0.1, 0.15) is 38.0 Å². The van der Waals surface area contributed by atoms with Crippen molar-refractivity contribution in [2.75, 3.05) is 5.32 Å². The van der Waals surface area contributed by atoms with Gasteiger partial charge >= 0.3 is 12.0 Å². The van der Waals surface area contributed by atoms with Crippen LogP contribution >= 0.6 is 0 Å². The first kappa shape index (κ1) is 18.6. The summed E-state index contributed by atoms with van der Waals surface area (Å²) in [6.07, 6.45) is 0.347. The highest BCUT2D eigenvalue weighted by atomic mass is 16.4. The van der Waals surface area contributed by atoms with Gasteiger partial charge in [-0.05, 0) is 57.9 Å². The summed E-state index contributed by atoms with van der Waals surface area (Å²) in [5.41, 5.74) is 1.86. The van der Waals surface area contributed by atoms with Crippen LogP contribution in [0.4, 0.5) is 10.5 Å². The number of hydrogen-bond donors (Lipinski definition) is 3. The second kappa shape index (κ2) is 7.42. The van der Waals surface area contributed by atoms with E-state index >= 15 is 0 Å². The second-order valence-corrected chi connectivity index (χ2v) is 6.80. The Morgan fingerprint density at radius 2 is 1.88 bits per heavy atom. The predicted octanol–water partition coefficient (Wildman–Crippen LogP) is 4.33. The molecule has 0 radical (unpaired) electrons. The third-order valence-corrected chi connectivity index (χ3v) is 3.93. The number of aliphatic carboxylic acids is 1. The van der Waals surface area contributed by atoms with E-state index in [0.717, 1.165) is 22.6 Å². The van der Waals surface area contributed by atoms with Gasteiger partial charge in [0.25, 0.3) is 0 Å². The zero-order valence-electron chi connectivity index (χ0n) is 15.0. The van der Waals surface area contributed by atoms with Crippen LogP contribution in [0.25, 0.3) is 11.3 Å². The molecule has 0 bridgehead atoms. The van der Waals surface area contributed by atoms with Crippen LogP contribution in [0, 0.1) is 13.8 Å². The summed E-state index contributed by atoms with van der Waals surface area (Å²) in [7, 11) is 0. The van der Waals surface area contributed by atoms with Crippen LogP contribution in [0.5, 0.6) is 0 Å². The van der Waals surface area contributed by atoms with E-state index in [1.165, 1.54) is 0 Å². The van der Waals surface area contributed by atoms with Crippen LogP contribution in [0.3, 0.4) is 0 Å². The van der Waals surface area contributed by atoms with Gasteiger partial charge in [0.15, 0.2) is 0 Å². The minimum atomic E-state index is -0.882. The van der Waals surface area contributed by atoms with Crippen molar-refractivity contribution >= 4 is 17.7 Å². The number of benzene rings is 1. The molecule has 0 aliphatic carbocycles. The van der Waals surface area contributed by atoms with Crippen molar-refractivity contribution in [2.24, 2.45) is 0 Å². The van der Waals surface area contributed by atoms with E-state index in [1.807, 2.05) is 44.2 Å². The number of carbonyl (C=O) groups is 2. The highest BCUT2D eigenvalue weighted by Gasteiger charge is 2.22. The molecule has 1 heterocycles. The zero-order chi connectivity index (χ0) is 18.6. The largest absolute Gasteiger partial charge is 0.481 e. The standard InChI is InChI=1S/C19H24N2O4/c1-12-5-7-14(16-8-6-13(2)25-16)11-15(12)20-18(24)21-19(3,4)10-9-17(22)23/h5-8,11H,9-10H2,1-4H3,(H,22,23)(H2,20,21,24). The third kappa shape index (κ3) is 5.38. The smallest absolute Gasteiger partial charge is 0.319 e. The number of anilines is 1. The number of nitrogens with one attached hydrogen (secondary N) is 2. The van der Waals surface area contributed by atoms with E-state index in [0.29, 0.717) is 12.1 Å². The van der Waals surface area contributed by atoms with Crippen LogP contribution in [0.15, 0.2) is 34.7 Å². The van der Waals surface area contributed by atoms with Gasteiger partial charge in [-0.3, -0.25) is 4.79 Å². The van der Waals surface area contributed by atoms with E-state index in [9.17, 15) is 9.59 Å². The van der Waals surface area contributed by atoms with Crippen molar-refractivity contribution in [3.63, 3.8) is 0 Å². The molecule has 2 rings (SSSR count). The average molecular weight is 344 g/mol. The Kier molecular flexibility index (Phi) is 5.51. The maximum Gasteiger partial charge on any atom is 0.319 e. The van der Waals surface area contributed by atoms with Crippen LogP contribution in [-0.2, 0) is 4.79 Å². The molecular formula is C19H24N2O4. The Bertz CT molecular complexity index is 777. The topological polar surface area (TPSA) is 91.6 Å². The molecular weight excluding hydrogens is 320 g/mol. The summed E-state index contributed by atoms with van der Waals surface area (Å²) in [5, 5.41) is 14.4. The van der Waals surface area contributed by atoms with E-state index in [1.54, 1.807) is 13.8 Å². The third-order valence-electron chi connectivity index (χ3n) is 3.93. The Hall–Kier alpha value is -2.76. The first-order valence-corrected chi connectivity index (χ1v) is 8.15. The van der Waals surface area contributed by atoms with Gasteiger partial charge in [-0.25, -0.2) is 4.79 Å². The minimum Gasteiger partial charge on any atom is -0.481 e. The van der Waals surface area contributed by atoms with Gasteiger partial charge < -0.3 is 20.2 Å². The SMILES string of the molecule is Cc1ccc(-c2ccc(C)c(NC(=O)NC(C)(C)CCC(=O)O)c2)o1. The highest BCUT2D eigenvalue weighted by molar-refractivity contribution is 5.91. The molecule has 1 aromatic heterocycles. The Morgan fingerprint density at radius 1 is 1.16 bits per heavy atom. The first-order chi connectivity index (χ1) is 11.7. The fraction of sp³-hybridized carbons (Fsp3) is 0.368. The predicted molar refractivity (Wildman–Crippen MR) is 96.7 cm³/mol. The Labute approximate surface area is 147 Å². The van der Waals surface area contributed by atoms with Crippen molar-refractivity contribution in [2.45, 2.75) is 46.1 Å². The van der Waals surface area contributed by atoms with Crippen molar-refractivity contribution in [1.29, 1.82) is 0 Å². The molecule has 0 atom stereocenters. The number of carboxylic acids is 1. The number of urea groups is 1. The van der Waals surface area contributed by atoms with Gasteiger partial charge in [-0.15, -0.1) is 0 Å². The monoisotopic (exact) mass is 344 g/mol. The molecule has 0 saturated carbocycles. The lowest BCUT2D eigenvalue weighted by atomic mass is 9.99. The van der Waals surface area contributed by atoms with Gasteiger partial charge in [0.2, 0.25) is 0 Å². The summed E-state index contributed by atoms with van der Waals surface area (Å²) in [4.78, 5) is 23.0. The molecule has 0 aliphatic heterocycles. The Morgan fingerprint density at radius 3 is 2.48 bits per heavy atom. The lowest BCUT2D eigenvalue weighted by molar-refractivity contribution is -0.137. The molecule has 2 aromatic rings. The molecule has 2 amide bonds. The van der Waals surface area contributed by atoms with E-state index in [2.05, 4.69) is 10.6 Å². The molecule has 3 N–H and O–H groups in total. The molecule has 0 fully saturated rings. The lowest BCUT2D eigenvalue weighted by Crippen LogP contribution is -2.45. The van der Waals surface area contributed by atoms with Gasteiger partial charge in [0, 0.05) is 23.2 Å². The molecule has 1 aromatic carbocycles. The molecule has 0 aliphatic rings. The highest BCUT2D eigenvalue weighted by Crippen LogP contribution is 2.27. The molecule has 25 heavy (non-hydrogen) atoms. The van der Waals surface area contributed by atoms with Gasteiger partial charge in [0.05, 0.1) is 0 Å². The molecule has 0 spiro atoms. The normalized spacial score (nSPS) is 11.2. The fourth-order valence-electron chi connectivity index (χ4n) is 2.44. The number of furan rings is 1. The number of amides is 2. The van der Waals surface area contributed by atoms with Crippen molar-refractivity contribution in [3.8, 4) is 11.3 Å². The summed E-state index contributed by atoms with van der Waals surface area (Å²) in [6.45, 7) is 7.38. The number of hydrogen-bond acceptors (Lipinski definition) is 3. The maximum absolute atomic E-state index is 12.3. The van der Waals surface area contributed by atoms with Crippen LogP contribution < -0.4 is 10.6 Å². The molecule has 6 heteroatoms. The molecule has 6 nitrogen and oxygen atoms in total. The number of carbonyl (C=O) groups excluding carboxylic acids is 1. The van der Waals surface area contributed by atoms with E-state index < -0.39 is 11.5 Å². The van der Waals surface area contributed by atoms with Crippen molar-refractivity contribution in [3.05, 3.63) is 41.7 Å². The van der Waals surface area contributed by atoms with Gasteiger partial charge in [-0.1, -0.05) is 12.1 Å². The fourth-order valence-corrected chi connectivity index (χ4v) is 2.44. The van der Waals surface area contributed by atoms with Crippen LogP contribution in [0.2, 0.25) is 0 Å². The number of rotatable bonds is 6. The van der Waals surface area contributed by atoms with Crippen LogP contribution in [-0.4, -0.2) is 22.6 Å². The summed E-state index contributed by atoms with van der Waals surface area (Å²) in [6, 6.07) is 9.12. The first-order valence-electron chi connectivity index (χ1n) is 8.15. The van der Waals surface area contributed by atoms with Gasteiger partial charge in [-0.2, -0.15) is 0 Å². The molecule has 134 valence electrons. The quantitative estimate of drug-likeness (QED) is 0.727. The summed E-state index contributed by atoms with van der Waals surface area (Å²) in [5.74, 6) is 0.679. The molecule has 0 unspecified atom stereocenters. The molecule has 0 saturated heterocycles. The van der Waals surface area contributed by atoms with Gasteiger partial charge in [0.1, 0.15) is 11.5 Å². The summed E-state index contributed by atoms with van der Waals surface area (Å²) < 4.78 is 5.62. The number of carboxylic acid groups (broad SMARTS) is 1.